The van der Waals surface area contributed by atoms with Gasteiger partial charge >= 0.3 is 0 Å². The van der Waals surface area contributed by atoms with E-state index in [1.54, 1.807) is 6.92 Å². The third-order valence-electron chi connectivity index (χ3n) is 6.84. The molecule has 5 rings (SSSR count). The van der Waals surface area contributed by atoms with E-state index in [1.165, 1.54) is 0 Å². The van der Waals surface area contributed by atoms with E-state index in [-0.39, 0.29) is 42.0 Å². The molecule has 0 amide bonds. The minimum Gasteiger partial charge on any atom is -0.374 e. The Balaban J connectivity index is 1.33. The fraction of sp³-hybridized carbons (Fsp3) is 0.367. The van der Waals surface area contributed by atoms with E-state index >= 15 is 0 Å². The van der Waals surface area contributed by atoms with Crippen LogP contribution in [0.3, 0.4) is 0 Å². The number of hydrogen-bond acceptors (Lipinski definition) is 5. The minimum atomic E-state index is -0.347. The highest BCUT2D eigenvalue weighted by atomic mass is 16.6. The fourth-order valence-electron chi connectivity index (χ4n) is 5.03. The minimum absolute atomic E-state index is 0.00218. The van der Waals surface area contributed by atoms with Gasteiger partial charge in [-0.3, -0.25) is 4.79 Å². The lowest BCUT2D eigenvalue weighted by Gasteiger charge is -2.37. The summed E-state index contributed by atoms with van der Waals surface area (Å²) in [5.41, 5.74) is 3.28. The van der Waals surface area contributed by atoms with E-state index in [2.05, 4.69) is 0 Å². The van der Waals surface area contributed by atoms with Crippen molar-refractivity contribution in [3.8, 4) is 0 Å². The molecule has 35 heavy (non-hydrogen) atoms. The average molecular weight is 473 g/mol. The highest BCUT2D eigenvalue weighted by Gasteiger charge is 2.65. The second kappa shape index (κ2) is 11.3. The van der Waals surface area contributed by atoms with Crippen molar-refractivity contribution < 1.29 is 23.7 Å². The van der Waals surface area contributed by atoms with Crippen LogP contribution in [0.15, 0.2) is 91.0 Å². The van der Waals surface area contributed by atoms with Crippen molar-refractivity contribution in [2.45, 2.75) is 51.2 Å². The number of benzene rings is 3. The quantitative estimate of drug-likeness (QED) is 0.394. The normalized spacial score (nSPS) is 27.2. The van der Waals surface area contributed by atoms with Gasteiger partial charge in [-0.2, -0.15) is 0 Å². The maximum absolute atomic E-state index is 12.4. The predicted molar refractivity (Wildman–Crippen MR) is 132 cm³/mol. The lowest BCUT2D eigenvalue weighted by atomic mass is 9.99. The van der Waals surface area contributed by atoms with Crippen LogP contribution in [0.25, 0.3) is 0 Å². The van der Waals surface area contributed by atoms with Gasteiger partial charge in [-0.25, -0.2) is 0 Å². The molecule has 6 atom stereocenters. The van der Waals surface area contributed by atoms with Gasteiger partial charge in [0.05, 0.1) is 44.6 Å². The summed E-state index contributed by atoms with van der Waals surface area (Å²) in [7, 11) is 0. The topological polar surface area (TPSA) is 54.0 Å². The van der Waals surface area contributed by atoms with Gasteiger partial charge in [0.1, 0.15) is 18.0 Å². The molecule has 182 valence electrons. The van der Waals surface area contributed by atoms with Crippen LogP contribution >= 0.6 is 0 Å². The fourth-order valence-corrected chi connectivity index (χ4v) is 5.03. The lowest BCUT2D eigenvalue weighted by Crippen LogP contribution is -2.50. The Hall–Kier alpha value is -2.83. The van der Waals surface area contributed by atoms with E-state index in [1.807, 2.05) is 91.0 Å². The lowest BCUT2D eigenvalue weighted by molar-refractivity contribution is -0.201. The molecule has 1 aliphatic carbocycles. The first-order valence-electron chi connectivity index (χ1n) is 12.3. The monoisotopic (exact) mass is 472 g/mol. The Bertz CT molecular complexity index is 1070. The van der Waals surface area contributed by atoms with E-state index in [0.29, 0.717) is 26.4 Å². The molecule has 0 aromatic heterocycles. The molecular weight excluding hydrogens is 440 g/mol. The Morgan fingerprint density at radius 2 is 1.20 bits per heavy atom. The van der Waals surface area contributed by atoms with Crippen molar-refractivity contribution in [3.05, 3.63) is 108 Å². The molecule has 3 unspecified atom stereocenters. The molecule has 5 heteroatoms. The zero-order chi connectivity index (χ0) is 24.0. The van der Waals surface area contributed by atoms with Gasteiger partial charge in [0.15, 0.2) is 0 Å². The first-order chi connectivity index (χ1) is 17.2. The van der Waals surface area contributed by atoms with Crippen molar-refractivity contribution in [2.75, 3.05) is 6.61 Å². The van der Waals surface area contributed by atoms with Crippen LogP contribution in [0.1, 0.15) is 23.6 Å². The van der Waals surface area contributed by atoms with E-state index in [9.17, 15) is 4.79 Å². The first kappa shape index (κ1) is 23.9. The number of ketones is 1. The molecule has 5 nitrogen and oxygen atoms in total. The van der Waals surface area contributed by atoms with Gasteiger partial charge in [-0.15, -0.1) is 0 Å². The van der Waals surface area contributed by atoms with E-state index in [0.717, 1.165) is 16.7 Å². The van der Waals surface area contributed by atoms with Gasteiger partial charge in [0.2, 0.25) is 0 Å². The molecule has 0 radical (unpaired) electrons. The third kappa shape index (κ3) is 5.88. The second-order valence-electron chi connectivity index (χ2n) is 9.38. The number of fused-ring (bicyclic) bond motifs is 1. The maximum atomic E-state index is 12.4. The van der Waals surface area contributed by atoms with E-state index < -0.39 is 0 Å². The predicted octanol–water partition coefficient (Wildman–Crippen LogP) is 4.98. The molecule has 0 spiro atoms. The van der Waals surface area contributed by atoms with Crippen LogP contribution in [-0.2, 0) is 43.6 Å². The van der Waals surface area contributed by atoms with Crippen LogP contribution < -0.4 is 0 Å². The smallest absolute Gasteiger partial charge is 0.135 e. The number of rotatable bonds is 11. The van der Waals surface area contributed by atoms with Gasteiger partial charge < -0.3 is 18.9 Å². The summed E-state index contributed by atoms with van der Waals surface area (Å²) in [6.45, 7) is 3.40. The SMILES string of the molecule is CC(=O)C1C2O[C@H](COCc3ccccc3)[C@@H](OCc3ccccc3)[C@H](OCc3ccccc3)C21. The molecule has 3 aromatic rings. The summed E-state index contributed by atoms with van der Waals surface area (Å²) in [4.78, 5) is 12.4. The van der Waals surface area contributed by atoms with Crippen LogP contribution in [-0.4, -0.2) is 36.8 Å². The summed E-state index contributed by atoms with van der Waals surface area (Å²) in [5.74, 6) is -0.0129. The number of Topliss-reactive ketones (excluding diaryl/α,β-unsaturated/α-hetero) is 1. The van der Waals surface area contributed by atoms with E-state index in [4.69, 9.17) is 18.9 Å². The van der Waals surface area contributed by atoms with Gasteiger partial charge in [-0.05, 0) is 23.6 Å². The zero-order valence-corrected chi connectivity index (χ0v) is 20.0. The Morgan fingerprint density at radius 1 is 0.714 bits per heavy atom. The maximum Gasteiger partial charge on any atom is 0.135 e. The van der Waals surface area contributed by atoms with Crippen molar-refractivity contribution in [2.24, 2.45) is 11.8 Å². The van der Waals surface area contributed by atoms with Crippen molar-refractivity contribution in [1.82, 2.24) is 0 Å². The molecule has 0 bridgehead atoms. The third-order valence-corrected chi connectivity index (χ3v) is 6.84. The average Bonchev–Trinajstić information content (AvgIpc) is 3.62. The molecule has 3 aromatic carbocycles. The standard InChI is InChI=1S/C30H32O5/c1-21(31)26-27-29(26)35-25(20-32-17-22-11-5-2-6-12-22)28(33-18-23-13-7-3-8-14-23)30(27)34-19-24-15-9-4-10-16-24/h2-16,25-30H,17-20H2,1H3/t25-,26?,27?,28-,29?,30-/m1/s1. The van der Waals surface area contributed by atoms with Crippen molar-refractivity contribution in [3.63, 3.8) is 0 Å². The summed E-state index contributed by atoms with van der Waals surface area (Å²) in [6.07, 6.45) is -1.07. The molecule has 1 saturated carbocycles. The molecule has 1 saturated heterocycles. The molecule has 2 fully saturated rings. The number of ether oxygens (including phenoxy) is 4. The summed E-state index contributed by atoms with van der Waals surface area (Å²) < 4.78 is 25.4. The highest BCUT2D eigenvalue weighted by Crippen LogP contribution is 2.52. The van der Waals surface area contributed by atoms with Gasteiger partial charge in [0.25, 0.3) is 0 Å². The summed E-state index contributed by atoms with van der Waals surface area (Å²) in [6, 6.07) is 30.3. The summed E-state index contributed by atoms with van der Waals surface area (Å²) in [5, 5.41) is 0. The first-order valence-corrected chi connectivity index (χ1v) is 12.3. The number of carbonyl (C=O) groups is 1. The van der Waals surface area contributed by atoms with Crippen LogP contribution in [0.2, 0.25) is 0 Å². The highest BCUT2D eigenvalue weighted by molar-refractivity contribution is 5.82. The van der Waals surface area contributed by atoms with Crippen molar-refractivity contribution >= 4 is 5.78 Å². The van der Waals surface area contributed by atoms with Crippen LogP contribution in [0.4, 0.5) is 0 Å². The molecule has 0 N–H and O–H groups in total. The van der Waals surface area contributed by atoms with Crippen molar-refractivity contribution in [1.29, 1.82) is 0 Å². The number of hydrogen-bond donors (Lipinski definition) is 0. The summed E-state index contributed by atoms with van der Waals surface area (Å²) >= 11 is 0. The molecular formula is C30H32O5. The Labute approximate surface area is 207 Å². The van der Waals surface area contributed by atoms with Crippen LogP contribution in [0, 0.1) is 11.8 Å². The van der Waals surface area contributed by atoms with Gasteiger partial charge in [-0.1, -0.05) is 91.0 Å². The van der Waals surface area contributed by atoms with Gasteiger partial charge in [0, 0.05) is 5.92 Å². The molecule has 1 aliphatic heterocycles. The molecule has 2 aliphatic rings. The number of carbonyl (C=O) groups excluding carboxylic acids is 1. The zero-order valence-electron chi connectivity index (χ0n) is 20.0. The Kier molecular flexibility index (Phi) is 7.69. The second-order valence-corrected chi connectivity index (χ2v) is 9.38. The molecule has 1 heterocycles. The Morgan fingerprint density at radius 3 is 1.71 bits per heavy atom. The largest absolute Gasteiger partial charge is 0.374 e. The van der Waals surface area contributed by atoms with Crippen LogP contribution in [0.5, 0.6) is 0 Å².